The Morgan fingerprint density at radius 2 is 0.773 bits per heavy atom. The van der Waals surface area contributed by atoms with Gasteiger partial charge < -0.3 is 0 Å². The van der Waals surface area contributed by atoms with Crippen molar-refractivity contribution >= 4 is 31.2 Å². The minimum atomic E-state index is -3.15. The first-order chi connectivity index (χ1) is 21.3. The van der Waals surface area contributed by atoms with Crippen molar-refractivity contribution in [2.45, 2.75) is 23.9 Å². The number of sulfonamides is 2. The van der Waals surface area contributed by atoms with E-state index in [4.69, 9.17) is 0 Å². The van der Waals surface area contributed by atoms with Gasteiger partial charge in [-0.3, -0.25) is 0 Å². The average Bonchev–Trinajstić information content (AvgIpc) is 3.73. The van der Waals surface area contributed by atoms with Crippen LogP contribution in [-0.4, -0.2) is 40.4 Å². The van der Waals surface area contributed by atoms with E-state index in [1.807, 2.05) is 72.8 Å². The van der Waals surface area contributed by atoms with E-state index in [2.05, 4.69) is 70.1 Å². The maximum absolute atomic E-state index is 11.9. The zero-order valence-corrected chi connectivity index (χ0v) is 25.7. The van der Waals surface area contributed by atoms with E-state index < -0.39 is 20.0 Å². The maximum Gasteiger partial charge on any atom is 0.212 e. The molecule has 0 amide bonds. The molecule has 0 bridgehead atoms. The molecule has 4 aromatic rings. The lowest BCUT2D eigenvalue weighted by atomic mass is 9.82. The second-order valence-electron chi connectivity index (χ2n) is 11.9. The van der Waals surface area contributed by atoms with E-state index in [1.165, 1.54) is 33.4 Å². The monoisotopic (exact) mass is 622 g/mol. The van der Waals surface area contributed by atoms with Crippen LogP contribution in [0.3, 0.4) is 0 Å². The fourth-order valence-corrected chi connectivity index (χ4v) is 10.7. The lowest BCUT2D eigenvalue weighted by Gasteiger charge is -2.22. The van der Waals surface area contributed by atoms with Crippen molar-refractivity contribution in [3.8, 4) is 0 Å². The normalized spacial score (nSPS) is 29.1. The fourth-order valence-electron chi connectivity index (χ4n) is 7.36. The first-order valence-corrected chi connectivity index (χ1v) is 18.2. The summed E-state index contributed by atoms with van der Waals surface area (Å²) < 4.78 is 53.3. The van der Waals surface area contributed by atoms with Gasteiger partial charge >= 0.3 is 0 Å². The number of nitrogens with one attached hydrogen (secondary N) is 2. The van der Waals surface area contributed by atoms with Crippen molar-refractivity contribution in [1.29, 1.82) is 0 Å². The summed E-state index contributed by atoms with van der Waals surface area (Å²) in [5.74, 6) is 0.788. The van der Waals surface area contributed by atoms with Crippen LogP contribution in [0.2, 0.25) is 0 Å². The van der Waals surface area contributed by atoms with Gasteiger partial charge in [0.15, 0.2) is 0 Å². The minimum Gasteiger partial charge on any atom is -0.212 e. The molecule has 4 aromatic carbocycles. The first-order valence-electron chi connectivity index (χ1n) is 14.9. The Morgan fingerprint density at radius 3 is 1.11 bits per heavy atom. The fraction of sp³-hybridized carbons (Fsp3) is 0.222. The number of benzene rings is 4. The molecule has 2 fully saturated rings. The molecule has 2 saturated heterocycles. The molecule has 0 radical (unpaired) electrons. The van der Waals surface area contributed by atoms with Gasteiger partial charge in [-0.05, 0) is 33.4 Å². The van der Waals surface area contributed by atoms with Gasteiger partial charge in [0.2, 0.25) is 20.0 Å². The molecule has 44 heavy (non-hydrogen) atoms. The van der Waals surface area contributed by atoms with Gasteiger partial charge in [0.05, 0.1) is 11.5 Å². The molecule has 0 aromatic heterocycles. The van der Waals surface area contributed by atoms with Crippen molar-refractivity contribution in [1.82, 2.24) is 9.44 Å². The van der Waals surface area contributed by atoms with Crippen LogP contribution in [0.25, 0.3) is 11.1 Å². The van der Waals surface area contributed by atoms with Gasteiger partial charge in [-0.25, -0.2) is 26.3 Å². The van der Waals surface area contributed by atoms with Gasteiger partial charge in [0.1, 0.15) is 0 Å². The number of hydrogen-bond donors (Lipinski definition) is 2. The zero-order chi connectivity index (χ0) is 30.3. The standard InChI is InChI=1S/2C18H17NO2S/c2*20-22(21)12-16-17(19-22)11-15(13-7-3-1-4-8-13)18(16)14-9-5-2-6-10-14/h2*1-11,16-19H,12H2/t2*16-,17-,18-/m10/s1. The number of allylic oxidation sites excluding steroid dienone is 2. The molecule has 224 valence electrons. The highest BCUT2D eigenvalue weighted by Crippen LogP contribution is 2.49. The van der Waals surface area contributed by atoms with Crippen LogP contribution in [0.15, 0.2) is 133 Å². The molecular formula is C36H34N2O4S2. The smallest absolute Gasteiger partial charge is 0.212 e. The van der Waals surface area contributed by atoms with E-state index in [9.17, 15) is 16.8 Å². The predicted octanol–water partition coefficient (Wildman–Crippen LogP) is 5.57. The van der Waals surface area contributed by atoms with Crippen LogP contribution in [0.1, 0.15) is 34.1 Å². The van der Waals surface area contributed by atoms with Crippen molar-refractivity contribution in [3.05, 3.63) is 156 Å². The number of rotatable bonds is 4. The van der Waals surface area contributed by atoms with E-state index in [0.29, 0.717) is 0 Å². The molecule has 2 N–H and O–H groups in total. The SMILES string of the molecule is O=S1(=O)C[C@@H]2[C@@H](C=C(c3ccccc3)[C@H]2c2ccccc2)N1.O=S1(=O)C[C@H]2[C@H](C=C(c3ccccc3)[C@@H]2c2ccccc2)N1. The Hall–Kier alpha value is -3.82. The van der Waals surface area contributed by atoms with Crippen molar-refractivity contribution < 1.29 is 16.8 Å². The van der Waals surface area contributed by atoms with Crippen LogP contribution in [0, 0.1) is 11.8 Å². The predicted molar refractivity (Wildman–Crippen MR) is 176 cm³/mol. The Bertz CT molecular complexity index is 1770. The van der Waals surface area contributed by atoms with E-state index in [-0.39, 0.29) is 47.3 Å². The third kappa shape index (κ3) is 5.71. The first kappa shape index (κ1) is 28.9. The quantitative estimate of drug-likeness (QED) is 0.311. The highest BCUT2D eigenvalue weighted by Gasteiger charge is 2.48. The molecule has 8 heteroatoms. The van der Waals surface area contributed by atoms with Gasteiger partial charge in [-0.2, -0.15) is 0 Å². The molecule has 6 atom stereocenters. The van der Waals surface area contributed by atoms with Crippen LogP contribution in [0.4, 0.5) is 0 Å². The Kier molecular flexibility index (Phi) is 7.62. The van der Waals surface area contributed by atoms with Gasteiger partial charge in [0, 0.05) is 35.8 Å². The van der Waals surface area contributed by atoms with E-state index >= 15 is 0 Å². The van der Waals surface area contributed by atoms with Crippen LogP contribution in [0.5, 0.6) is 0 Å². The Labute approximate surface area is 259 Å². The molecule has 2 heterocycles. The molecular weight excluding hydrogens is 589 g/mol. The molecule has 0 saturated carbocycles. The van der Waals surface area contributed by atoms with Gasteiger partial charge in [-0.15, -0.1) is 0 Å². The summed E-state index contributed by atoms with van der Waals surface area (Å²) in [7, 11) is -6.29. The van der Waals surface area contributed by atoms with Crippen molar-refractivity contribution in [3.63, 3.8) is 0 Å². The van der Waals surface area contributed by atoms with Gasteiger partial charge in [-0.1, -0.05) is 133 Å². The summed E-state index contributed by atoms with van der Waals surface area (Å²) in [5.41, 5.74) is 7.16. The van der Waals surface area contributed by atoms with Crippen LogP contribution in [-0.2, 0) is 20.0 Å². The summed E-state index contributed by atoms with van der Waals surface area (Å²) in [6.07, 6.45) is 4.20. The third-order valence-electron chi connectivity index (χ3n) is 9.15. The zero-order valence-electron chi connectivity index (χ0n) is 24.0. The lowest BCUT2D eigenvalue weighted by molar-refractivity contribution is 0.524. The molecule has 0 unspecified atom stereocenters. The van der Waals surface area contributed by atoms with Crippen LogP contribution < -0.4 is 9.44 Å². The topological polar surface area (TPSA) is 92.3 Å². The summed E-state index contributed by atoms with van der Waals surface area (Å²) >= 11 is 0. The van der Waals surface area contributed by atoms with Gasteiger partial charge in [0.25, 0.3) is 0 Å². The number of hydrogen-bond acceptors (Lipinski definition) is 4. The molecule has 2 aliphatic heterocycles. The molecule has 8 rings (SSSR count). The maximum atomic E-state index is 11.9. The highest BCUT2D eigenvalue weighted by molar-refractivity contribution is 7.90. The van der Waals surface area contributed by atoms with E-state index in [1.54, 1.807) is 0 Å². The molecule has 4 aliphatic rings. The van der Waals surface area contributed by atoms with Crippen molar-refractivity contribution in [2.75, 3.05) is 11.5 Å². The average molecular weight is 623 g/mol. The van der Waals surface area contributed by atoms with Crippen LogP contribution >= 0.6 is 0 Å². The Morgan fingerprint density at radius 1 is 0.455 bits per heavy atom. The second-order valence-corrected chi connectivity index (χ2v) is 15.5. The largest absolute Gasteiger partial charge is 0.212 e. The van der Waals surface area contributed by atoms with E-state index in [0.717, 1.165) is 0 Å². The molecule has 2 aliphatic carbocycles. The second kappa shape index (κ2) is 11.6. The van der Waals surface area contributed by atoms with Crippen molar-refractivity contribution in [2.24, 2.45) is 11.8 Å². The number of fused-ring (bicyclic) bond motifs is 2. The summed E-state index contributed by atoms with van der Waals surface area (Å²) in [4.78, 5) is 0. The summed E-state index contributed by atoms with van der Waals surface area (Å²) in [5, 5.41) is 0. The lowest BCUT2D eigenvalue weighted by Crippen LogP contribution is -2.25. The summed E-state index contributed by atoms with van der Waals surface area (Å²) in [6.45, 7) is 0. The summed E-state index contributed by atoms with van der Waals surface area (Å²) in [6, 6.07) is 40.7. The highest BCUT2D eigenvalue weighted by atomic mass is 32.2. The Balaban J connectivity index is 0.000000142. The molecule has 0 spiro atoms. The minimum absolute atomic E-state index is 0.0719. The third-order valence-corrected chi connectivity index (χ3v) is 12.1. The molecule has 6 nitrogen and oxygen atoms in total.